The summed E-state index contributed by atoms with van der Waals surface area (Å²) in [5, 5.41) is 31.0. The number of nitrogens with zero attached hydrogens (tertiary/aromatic N) is 4. The second-order valence-corrected chi connectivity index (χ2v) is 11.1. The number of esters is 2. The highest BCUT2D eigenvalue weighted by molar-refractivity contribution is 9.11. The van der Waals surface area contributed by atoms with E-state index in [1.807, 2.05) is 4.57 Å². The van der Waals surface area contributed by atoms with Crippen LogP contribution in [0.3, 0.4) is 0 Å². The Hall–Kier alpha value is -3.07. The zero-order chi connectivity index (χ0) is 29.1. The number of carbonyl (C=O) groups is 2. The second kappa shape index (κ2) is 12.6. The van der Waals surface area contributed by atoms with Crippen LogP contribution in [0, 0.1) is 10.1 Å². The Morgan fingerprint density at radius 3 is 2.40 bits per heavy atom. The van der Waals surface area contributed by atoms with Crippen LogP contribution < -0.4 is 4.90 Å². The van der Waals surface area contributed by atoms with Gasteiger partial charge >= 0.3 is 11.9 Å². The molecule has 2 aromatic carbocycles. The van der Waals surface area contributed by atoms with Gasteiger partial charge < -0.3 is 29.2 Å². The van der Waals surface area contributed by atoms with Crippen molar-refractivity contribution >= 4 is 66.2 Å². The van der Waals surface area contributed by atoms with E-state index in [2.05, 4.69) is 41.6 Å². The molecule has 1 saturated heterocycles. The third kappa shape index (κ3) is 6.14. The summed E-state index contributed by atoms with van der Waals surface area (Å²) in [6.07, 6.45) is 2.04. The minimum Gasteiger partial charge on any atom is -0.465 e. The summed E-state index contributed by atoms with van der Waals surface area (Å²) >= 11 is 6.76. The van der Waals surface area contributed by atoms with Gasteiger partial charge in [-0.15, -0.1) is 0 Å². The van der Waals surface area contributed by atoms with Gasteiger partial charge in [-0.3, -0.25) is 10.1 Å². The molecule has 12 nitrogen and oxygen atoms in total. The van der Waals surface area contributed by atoms with Gasteiger partial charge in [-0.25, -0.2) is 14.6 Å². The van der Waals surface area contributed by atoms with Gasteiger partial charge in [0, 0.05) is 34.6 Å². The third-order valence-electron chi connectivity index (χ3n) is 6.78. The number of nitro benzene ring substituents is 1. The molecule has 2 aliphatic rings. The molecule has 1 fully saturated rings. The number of carbonyl (C=O) groups excluding carboxylic acids is 2. The summed E-state index contributed by atoms with van der Waals surface area (Å²) in [7, 11) is 2.57. The van der Waals surface area contributed by atoms with Gasteiger partial charge in [0.05, 0.1) is 47.4 Å². The number of halogens is 2. The number of aliphatic hydroxyl groups is 2. The first-order chi connectivity index (χ1) is 19.0. The average Bonchev–Trinajstić information content (AvgIpc) is 3.32. The van der Waals surface area contributed by atoms with E-state index in [0.29, 0.717) is 46.6 Å². The number of anilines is 1. The molecule has 5 rings (SSSR count). The molecule has 0 spiro atoms. The number of aryl methyl sites for hydroxylation is 1. The predicted molar refractivity (Wildman–Crippen MR) is 153 cm³/mol. The fraction of sp³-hybridized carbons (Fsp3) is 0.423. The minimum atomic E-state index is -0.635. The van der Waals surface area contributed by atoms with Crippen molar-refractivity contribution in [1.82, 2.24) is 9.55 Å². The van der Waals surface area contributed by atoms with Crippen LogP contribution in [0.1, 0.15) is 58.3 Å². The zero-order valence-corrected chi connectivity index (χ0v) is 25.0. The zero-order valence-electron chi connectivity index (χ0n) is 21.8. The Kier molecular flexibility index (Phi) is 9.44. The summed E-state index contributed by atoms with van der Waals surface area (Å²) in [5.41, 5.74) is 2.38. The average molecular weight is 710 g/mol. The van der Waals surface area contributed by atoms with Gasteiger partial charge in [-0.2, -0.15) is 0 Å². The molecule has 2 atom stereocenters. The lowest BCUT2D eigenvalue weighted by molar-refractivity contribution is -0.384. The monoisotopic (exact) mass is 708 g/mol. The van der Waals surface area contributed by atoms with E-state index >= 15 is 0 Å². The molecule has 0 amide bonds. The first-order valence-corrected chi connectivity index (χ1v) is 14.1. The van der Waals surface area contributed by atoms with Gasteiger partial charge in [0.1, 0.15) is 17.6 Å². The van der Waals surface area contributed by atoms with Gasteiger partial charge in [0.2, 0.25) is 0 Å². The largest absolute Gasteiger partial charge is 0.465 e. The van der Waals surface area contributed by atoms with E-state index in [-0.39, 0.29) is 11.3 Å². The summed E-state index contributed by atoms with van der Waals surface area (Å²) < 4.78 is 12.5. The number of aliphatic hydroxyl groups excluding tert-OH is 2. The number of hydrogen-bond donors (Lipinski definition) is 2. The van der Waals surface area contributed by atoms with Gasteiger partial charge in [0.25, 0.3) is 5.69 Å². The summed E-state index contributed by atoms with van der Waals surface area (Å²) in [6.45, 7) is 1.78. The smallest absolute Gasteiger partial charge is 0.338 e. The number of aromatic nitrogens is 2. The molecule has 2 aliphatic heterocycles. The first-order valence-electron chi connectivity index (χ1n) is 12.5. The number of fused-ring (bicyclic) bond motifs is 3. The van der Waals surface area contributed by atoms with Crippen LogP contribution in [0.2, 0.25) is 0 Å². The number of imidazole rings is 1. The molecule has 0 bridgehead atoms. The topological polar surface area (TPSA) is 157 Å². The fourth-order valence-corrected chi connectivity index (χ4v) is 6.32. The Morgan fingerprint density at radius 2 is 1.75 bits per heavy atom. The molecule has 0 radical (unpaired) electrons. The van der Waals surface area contributed by atoms with Crippen LogP contribution in [0.15, 0.2) is 33.2 Å². The standard InChI is InChI=1S/C13H15BrN2O5.C13H13BrN2O3/c1-21-13(18)8-5-10(14)12(11(6-8)16(19)20)15-4-2-3-9(17)7-15;1-19-13(18)7-5-8(14)11-9(6-7)15-12-10(17)3-2-4-16(11)12/h5-6,9,17H,2-4,7H2,1H3;5-6,10,17H,2-4H2,1H3/t9-;10-/m11/s1/i1+26;. The normalized spacial score (nSPS) is 18.4. The highest BCUT2D eigenvalue weighted by Gasteiger charge is 2.29. The molecule has 40 heavy (non-hydrogen) atoms. The van der Waals surface area contributed by atoms with Crippen molar-refractivity contribution in [2.75, 3.05) is 32.2 Å². The molecule has 2 N–H and O–H groups in total. The molecule has 0 saturated carbocycles. The minimum absolute atomic E-state index is 0.109. The van der Waals surface area contributed by atoms with Gasteiger partial charge in [-0.05, 0) is 75.7 Å². The molecule has 1 aromatic heterocycles. The number of piperidine rings is 1. The molecular formula is C26H28Br2N4O8. The number of nitro groups is 1. The van der Waals surface area contributed by atoms with Crippen molar-refractivity contribution in [3.8, 4) is 0 Å². The number of β-amino-alcohol motifs (C(OH)–C–C–N with tert-alkyl or cyclic N) is 1. The van der Waals surface area contributed by atoms with Crippen LogP contribution in [0.25, 0.3) is 11.0 Å². The van der Waals surface area contributed by atoms with Crippen LogP contribution >= 0.6 is 31.9 Å². The van der Waals surface area contributed by atoms with E-state index in [1.165, 1.54) is 26.4 Å². The van der Waals surface area contributed by atoms with Gasteiger partial charge in [-0.1, -0.05) is 0 Å². The molecule has 214 valence electrons. The van der Waals surface area contributed by atoms with Crippen molar-refractivity contribution < 1.29 is 34.2 Å². The van der Waals surface area contributed by atoms with Crippen LogP contribution in [-0.4, -0.2) is 70.0 Å². The maximum absolute atomic E-state index is 11.6. The Morgan fingerprint density at radius 1 is 1.07 bits per heavy atom. The van der Waals surface area contributed by atoms with Crippen molar-refractivity contribution in [2.24, 2.45) is 0 Å². The Bertz CT molecular complexity index is 1460. The van der Waals surface area contributed by atoms with E-state index in [9.17, 15) is 29.9 Å². The first kappa shape index (κ1) is 29.9. The fourth-order valence-electron chi connectivity index (χ4n) is 4.95. The number of hydrogen-bond acceptors (Lipinski definition) is 10. The lowest BCUT2D eigenvalue weighted by Crippen LogP contribution is -2.38. The third-order valence-corrected chi connectivity index (χ3v) is 7.99. The summed E-state index contributed by atoms with van der Waals surface area (Å²) in [6, 6.07) is 6.12. The van der Waals surface area contributed by atoms with E-state index in [4.69, 9.17) is 4.74 Å². The lowest BCUT2D eigenvalue weighted by atomic mass is 10.1. The van der Waals surface area contributed by atoms with Crippen molar-refractivity contribution in [3.05, 3.63) is 60.3 Å². The second-order valence-electron chi connectivity index (χ2n) is 9.41. The summed E-state index contributed by atoms with van der Waals surface area (Å²) in [4.78, 5) is 40.1. The van der Waals surface area contributed by atoms with Gasteiger partial charge in [0.15, 0.2) is 0 Å². The SMILES string of the molecule is COC(=O)c1cc(Br)c2c(c1)nc1n2CCC[C@H]1O.[38CH3]OC(=O)c1cc(Br)c(N2CCC[C@@H](O)C2)c([N+](=O)[O-])c1. The number of methoxy groups -OCH3 is 2. The van der Waals surface area contributed by atoms with E-state index < -0.39 is 29.1 Å². The quantitative estimate of drug-likeness (QED) is 0.224. The number of rotatable bonds is 4. The predicted octanol–water partition coefficient (Wildman–Crippen LogP) is 4.52. The number of ether oxygens (including phenoxy) is 2. The van der Waals surface area contributed by atoms with Crippen LogP contribution in [-0.2, 0) is 16.0 Å². The van der Waals surface area contributed by atoms with E-state index in [0.717, 1.165) is 35.8 Å². The highest BCUT2D eigenvalue weighted by Crippen LogP contribution is 2.39. The maximum atomic E-state index is 11.6. The van der Waals surface area contributed by atoms with Crippen LogP contribution in [0.4, 0.5) is 11.4 Å². The van der Waals surface area contributed by atoms with Crippen LogP contribution in [0.5, 0.6) is 0 Å². The molecule has 14 heteroatoms. The molecule has 3 aromatic rings. The Labute approximate surface area is 246 Å². The Balaban J connectivity index is 0.000000186. The van der Waals surface area contributed by atoms with Crippen molar-refractivity contribution in [2.45, 2.75) is 44.4 Å². The highest BCUT2D eigenvalue weighted by atomic mass is 79.9. The molecular weight excluding hydrogens is 682 g/mol. The number of benzene rings is 2. The lowest BCUT2D eigenvalue weighted by Gasteiger charge is -2.32. The van der Waals surface area contributed by atoms with Crippen molar-refractivity contribution in [3.63, 3.8) is 0 Å². The van der Waals surface area contributed by atoms with E-state index in [1.54, 1.807) is 17.0 Å². The molecule has 0 unspecified atom stereocenters. The maximum Gasteiger partial charge on any atom is 0.338 e. The van der Waals surface area contributed by atoms with Crippen molar-refractivity contribution in [1.29, 1.82) is 0 Å². The molecule has 0 aliphatic carbocycles. The summed E-state index contributed by atoms with van der Waals surface area (Å²) in [5.74, 6) is -0.359. The molecule has 3 heterocycles.